The number of nitrogens with zero attached hydrogens (tertiary/aromatic N) is 3. The number of nitrogen functional groups attached to an aromatic ring is 1. The largest absolute Gasteiger partial charge is 0.465 e. The summed E-state index contributed by atoms with van der Waals surface area (Å²) in [6.07, 6.45) is 2.86. The van der Waals surface area contributed by atoms with Gasteiger partial charge in [0.15, 0.2) is 0 Å². The van der Waals surface area contributed by atoms with E-state index >= 15 is 0 Å². The van der Waals surface area contributed by atoms with E-state index in [0.29, 0.717) is 18.9 Å². The third-order valence-corrected chi connectivity index (χ3v) is 3.85. The van der Waals surface area contributed by atoms with E-state index in [1.54, 1.807) is 17.2 Å². The highest BCUT2D eigenvalue weighted by Crippen LogP contribution is 2.44. The van der Waals surface area contributed by atoms with Crippen molar-refractivity contribution in [3.05, 3.63) is 18.3 Å². The summed E-state index contributed by atoms with van der Waals surface area (Å²) in [6, 6.07) is 3.72. The summed E-state index contributed by atoms with van der Waals surface area (Å²) in [5.74, 6) is 0.504. The fourth-order valence-electron chi connectivity index (χ4n) is 2.65. The SMILES string of the molecule is Nc1ccc(N2CCN(C(=O)O)C3(CC3)C2)cn1. The number of hydrogen-bond donors (Lipinski definition) is 2. The van der Waals surface area contributed by atoms with Gasteiger partial charge in [0, 0.05) is 19.6 Å². The van der Waals surface area contributed by atoms with Gasteiger partial charge in [0.25, 0.3) is 0 Å². The van der Waals surface area contributed by atoms with Gasteiger partial charge in [0.2, 0.25) is 0 Å². The second kappa shape index (κ2) is 3.76. The maximum Gasteiger partial charge on any atom is 0.407 e. The van der Waals surface area contributed by atoms with Crippen molar-refractivity contribution in [1.29, 1.82) is 0 Å². The zero-order valence-electron chi connectivity index (χ0n) is 10.0. The van der Waals surface area contributed by atoms with Crippen molar-refractivity contribution in [3.63, 3.8) is 0 Å². The molecule has 0 aromatic carbocycles. The number of pyridine rings is 1. The predicted molar refractivity (Wildman–Crippen MR) is 67.6 cm³/mol. The van der Waals surface area contributed by atoms with Crippen LogP contribution in [-0.4, -0.2) is 46.3 Å². The van der Waals surface area contributed by atoms with Gasteiger partial charge in [-0.25, -0.2) is 9.78 Å². The first kappa shape index (κ1) is 11.1. The number of nitrogens with two attached hydrogens (primary N) is 1. The molecule has 1 aliphatic heterocycles. The molecular weight excluding hydrogens is 232 g/mol. The number of aromatic nitrogens is 1. The number of carboxylic acid groups (broad SMARTS) is 1. The molecule has 1 spiro atoms. The van der Waals surface area contributed by atoms with E-state index in [-0.39, 0.29) is 5.54 Å². The molecule has 1 amide bonds. The third kappa shape index (κ3) is 1.73. The Morgan fingerprint density at radius 1 is 1.39 bits per heavy atom. The highest BCUT2D eigenvalue weighted by molar-refractivity contribution is 5.68. The second-order valence-corrected chi connectivity index (χ2v) is 5.02. The highest BCUT2D eigenvalue weighted by Gasteiger charge is 2.53. The monoisotopic (exact) mass is 248 g/mol. The zero-order valence-corrected chi connectivity index (χ0v) is 10.0. The first-order chi connectivity index (χ1) is 8.61. The first-order valence-electron chi connectivity index (χ1n) is 6.08. The van der Waals surface area contributed by atoms with Crippen LogP contribution >= 0.6 is 0 Å². The van der Waals surface area contributed by atoms with Crippen LogP contribution < -0.4 is 10.6 Å². The van der Waals surface area contributed by atoms with Gasteiger partial charge >= 0.3 is 6.09 Å². The van der Waals surface area contributed by atoms with Crippen LogP contribution in [0.4, 0.5) is 16.3 Å². The molecule has 2 aliphatic rings. The summed E-state index contributed by atoms with van der Waals surface area (Å²) in [4.78, 5) is 19.0. The van der Waals surface area contributed by atoms with E-state index < -0.39 is 6.09 Å². The number of piperazine rings is 1. The van der Waals surface area contributed by atoms with Crippen LogP contribution in [0.1, 0.15) is 12.8 Å². The lowest BCUT2D eigenvalue weighted by Crippen LogP contribution is -2.56. The molecule has 1 aromatic rings. The maximum absolute atomic E-state index is 11.2. The Morgan fingerprint density at radius 3 is 2.72 bits per heavy atom. The van der Waals surface area contributed by atoms with E-state index in [4.69, 9.17) is 5.73 Å². The Balaban J connectivity index is 1.78. The van der Waals surface area contributed by atoms with Crippen molar-refractivity contribution < 1.29 is 9.90 Å². The van der Waals surface area contributed by atoms with Crippen LogP contribution in [-0.2, 0) is 0 Å². The molecule has 1 aliphatic carbocycles. The zero-order chi connectivity index (χ0) is 12.8. The van der Waals surface area contributed by atoms with Gasteiger partial charge in [-0.15, -0.1) is 0 Å². The fourth-order valence-corrected chi connectivity index (χ4v) is 2.65. The molecule has 2 heterocycles. The smallest absolute Gasteiger partial charge is 0.407 e. The summed E-state index contributed by atoms with van der Waals surface area (Å²) in [7, 11) is 0. The molecule has 0 atom stereocenters. The molecule has 6 heteroatoms. The molecule has 1 saturated heterocycles. The summed E-state index contributed by atoms with van der Waals surface area (Å²) in [5.41, 5.74) is 6.42. The van der Waals surface area contributed by atoms with E-state index in [1.807, 2.05) is 6.07 Å². The Morgan fingerprint density at radius 2 is 2.17 bits per heavy atom. The van der Waals surface area contributed by atoms with Crippen molar-refractivity contribution >= 4 is 17.6 Å². The number of rotatable bonds is 1. The Bertz CT molecular complexity index is 469. The molecule has 1 aromatic heterocycles. The minimum atomic E-state index is -0.803. The van der Waals surface area contributed by atoms with Crippen LogP contribution in [0.25, 0.3) is 0 Å². The van der Waals surface area contributed by atoms with Crippen molar-refractivity contribution in [2.45, 2.75) is 18.4 Å². The van der Waals surface area contributed by atoms with Crippen molar-refractivity contribution in [3.8, 4) is 0 Å². The molecule has 3 N–H and O–H groups in total. The van der Waals surface area contributed by atoms with Crippen molar-refractivity contribution in [1.82, 2.24) is 9.88 Å². The summed E-state index contributed by atoms with van der Waals surface area (Å²) in [5, 5.41) is 9.19. The first-order valence-corrected chi connectivity index (χ1v) is 6.08. The highest BCUT2D eigenvalue weighted by atomic mass is 16.4. The topological polar surface area (TPSA) is 82.7 Å². The van der Waals surface area contributed by atoms with E-state index in [2.05, 4.69) is 9.88 Å². The minimum absolute atomic E-state index is 0.161. The number of hydrogen-bond acceptors (Lipinski definition) is 4. The summed E-state index contributed by atoms with van der Waals surface area (Å²) in [6.45, 7) is 2.02. The summed E-state index contributed by atoms with van der Waals surface area (Å²) < 4.78 is 0. The molecule has 0 unspecified atom stereocenters. The Hall–Kier alpha value is -1.98. The molecule has 1 saturated carbocycles. The molecule has 0 bridgehead atoms. The Kier molecular flexibility index (Phi) is 2.33. The molecule has 3 rings (SSSR count). The second-order valence-electron chi connectivity index (χ2n) is 5.02. The molecule has 18 heavy (non-hydrogen) atoms. The molecular formula is C12H16N4O2. The lowest BCUT2D eigenvalue weighted by molar-refractivity contribution is 0.110. The lowest BCUT2D eigenvalue weighted by atomic mass is 10.1. The van der Waals surface area contributed by atoms with Gasteiger partial charge in [0.1, 0.15) is 5.82 Å². The van der Waals surface area contributed by atoms with Gasteiger partial charge in [-0.2, -0.15) is 0 Å². The van der Waals surface area contributed by atoms with Gasteiger partial charge in [-0.05, 0) is 25.0 Å². The minimum Gasteiger partial charge on any atom is -0.465 e. The van der Waals surface area contributed by atoms with E-state index in [9.17, 15) is 9.90 Å². The van der Waals surface area contributed by atoms with Crippen molar-refractivity contribution in [2.75, 3.05) is 30.3 Å². The average molecular weight is 248 g/mol. The number of anilines is 2. The Labute approximate surface area is 105 Å². The molecule has 6 nitrogen and oxygen atoms in total. The van der Waals surface area contributed by atoms with Crippen LogP contribution in [0, 0.1) is 0 Å². The van der Waals surface area contributed by atoms with Crippen molar-refractivity contribution in [2.24, 2.45) is 0 Å². The normalized spacial score (nSPS) is 21.1. The summed E-state index contributed by atoms with van der Waals surface area (Å²) >= 11 is 0. The molecule has 2 fully saturated rings. The number of carbonyl (C=O) groups is 1. The quantitative estimate of drug-likeness (QED) is 0.774. The van der Waals surface area contributed by atoms with Crippen LogP contribution in [0.3, 0.4) is 0 Å². The average Bonchev–Trinajstić information content (AvgIpc) is 3.09. The van der Waals surface area contributed by atoms with E-state index in [0.717, 1.165) is 25.1 Å². The van der Waals surface area contributed by atoms with E-state index in [1.165, 1.54) is 0 Å². The maximum atomic E-state index is 11.2. The standard InChI is InChI=1S/C12H16N4O2/c13-10-2-1-9(7-14-10)15-5-6-16(11(17)18)12(8-15)3-4-12/h1-2,7H,3-6,8H2,(H2,13,14)(H,17,18). The van der Waals surface area contributed by atoms with Crippen LogP contribution in [0.5, 0.6) is 0 Å². The molecule has 96 valence electrons. The fraction of sp³-hybridized carbons (Fsp3) is 0.500. The van der Waals surface area contributed by atoms with Gasteiger partial charge < -0.3 is 15.7 Å². The third-order valence-electron chi connectivity index (χ3n) is 3.85. The van der Waals surface area contributed by atoms with Gasteiger partial charge in [0.05, 0.1) is 17.4 Å². The van der Waals surface area contributed by atoms with Crippen LogP contribution in [0.2, 0.25) is 0 Å². The molecule has 0 radical (unpaired) electrons. The van der Waals surface area contributed by atoms with Gasteiger partial charge in [-0.3, -0.25) is 4.90 Å². The van der Waals surface area contributed by atoms with Gasteiger partial charge in [-0.1, -0.05) is 0 Å². The predicted octanol–water partition coefficient (Wildman–Crippen LogP) is 0.996. The van der Waals surface area contributed by atoms with Crippen LogP contribution in [0.15, 0.2) is 18.3 Å². The number of amides is 1. The lowest BCUT2D eigenvalue weighted by Gasteiger charge is -2.41.